The van der Waals surface area contributed by atoms with Crippen LogP contribution < -0.4 is 0 Å². The number of benzene rings is 1. The molecule has 2 rings (SSSR count). The van der Waals surface area contributed by atoms with Crippen molar-refractivity contribution in [2.45, 2.75) is 18.7 Å². The largest absolute Gasteiger partial charge is 0.301 e. The molecule has 1 aliphatic heterocycles. The Balaban J connectivity index is 2.23. The maximum Gasteiger partial charge on any atom is 0.244 e. The molecule has 1 aromatic carbocycles. The first-order valence-electron chi connectivity index (χ1n) is 6.44. The van der Waals surface area contributed by atoms with Gasteiger partial charge in [0.15, 0.2) is 0 Å². The van der Waals surface area contributed by atoms with Gasteiger partial charge in [-0.25, -0.2) is 8.42 Å². The lowest BCUT2D eigenvalue weighted by atomic mass is 10.2. The van der Waals surface area contributed by atoms with E-state index in [1.165, 1.54) is 0 Å². The van der Waals surface area contributed by atoms with E-state index in [9.17, 15) is 8.42 Å². The van der Waals surface area contributed by atoms with Crippen LogP contribution >= 0.6 is 15.9 Å². The number of hydrogen-bond acceptors (Lipinski definition) is 3. The maximum atomic E-state index is 12.6. The maximum absolute atomic E-state index is 12.6. The lowest BCUT2D eigenvalue weighted by Gasteiger charge is -2.33. The van der Waals surface area contributed by atoms with E-state index in [-0.39, 0.29) is 0 Å². The molecular formula is C13H19BrN2O2S. The van der Waals surface area contributed by atoms with Crippen LogP contribution in [-0.4, -0.2) is 50.3 Å². The number of piperazine rings is 1. The zero-order chi connectivity index (χ0) is 14.0. The number of rotatable bonds is 3. The van der Waals surface area contributed by atoms with Crippen molar-refractivity contribution in [3.05, 3.63) is 28.2 Å². The third kappa shape index (κ3) is 3.18. The minimum atomic E-state index is -3.38. The molecule has 0 radical (unpaired) electrons. The summed E-state index contributed by atoms with van der Waals surface area (Å²) >= 11 is 3.36. The molecule has 0 atom stereocenters. The van der Waals surface area contributed by atoms with Gasteiger partial charge in [0, 0.05) is 30.7 Å². The predicted octanol–water partition coefficient (Wildman–Crippen LogP) is 2.08. The van der Waals surface area contributed by atoms with Gasteiger partial charge in [0.1, 0.15) is 0 Å². The summed E-state index contributed by atoms with van der Waals surface area (Å²) in [7, 11) is -3.38. The molecule has 106 valence electrons. The van der Waals surface area contributed by atoms with Crippen molar-refractivity contribution in [3.63, 3.8) is 0 Å². The molecule has 4 nitrogen and oxygen atoms in total. The number of sulfonamides is 1. The summed E-state index contributed by atoms with van der Waals surface area (Å²) < 4.78 is 27.4. The molecule has 1 saturated heterocycles. The van der Waals surface area contributed by atoms with Gasteiger partial charge in [-0.3, -0.25) is 0 Å². The highest BCUT2D eigenvalue weighted by molar-refractivity contribution is 9.10. The quantitative estimate of drug-likeness (QED) is 0.841. The number of aryl methyl sites for hydroxylation is 1. The van der Waals surface area contributed by atoms with E-state index in [0.29, 0.717) is 22.5 Å². The molecule has 0 bridgehead atoms. The third-order valence-corrected chi connectivity index (χ3v) is 6.36. The van der Waals surface area contributed by atoms with Gasteiger partial charge in [-0.05, 0) is 47.1 Å². The van der Waals surface area contributed by atoms with E-state index in [0.717, 1.165) is 25.2 Å². The molecule has 1 fully saturated rings. The van der Waals surface area contributed by atoms with Crippen molar-refractivity contribution < 1.29 is 8.42 Å². The van der Waals surface area contributed by atoms with Crippen LogP contribution in [0.15, 0.2) is 27.6 Å². The van der Waals surface area contributed by atoms with Crippen LogP contribution in [0, 0.1) is 6.92 Å². The molecule has 1 aliphatic rings. The van der Waals surface area contributed by atoms with E-state index >= 15 is 0 Å². The summed E-state index contributed by atoms with van der Waals surface area (Å²) in [5.74, 6) is 0. The van der Waals surface area contributed by atoms with Gasteiger partial charge >= 0.3 is 0 Å². The van der Waals surface area contributed by atoms with E-state index in [1.807, 2.05) is 19.1 Å². The fourth-order valence-corrected chi connectivity index (χ4v) is 4.81. The first-order valence-corrected chi connectivity index (χ1v) is 8.67. The summed E-state index contributed by atoms with van der Waals surface area (Å²) in [5.41, 5.74) is 1.04. The summed E-state index contributed by atoms with van der Waals surface area (Å²) in [5, 5.41) is 0. The summed E-state index contributed by atoms with van der Waals surface area (Å²) in [4.78, 5) is 2.62. The molecule has 6 heteroatoms. The van der Waals surface area contributed by atoms with Gasteiger partial charge in [-0.15, -0.1) is 0 Å². The molecule has 0 unspecified atom stereocenters. The van der Waals surface area contributed by atoms with Gasteiger partial charge < -0.3 is 4.90 Å². The summed E-state index contributed by atoms with van der Waals surface area (Å²) in [6.45, 7) is 7.76. The molecule has 0 aliphatic carbocycles. The lowest BCUT2D eigenvalue weighted by Crippen LogP contribution is -2.48. The minimum absolute atomic E-state index is 0.364. The second kappa shape index (κ2) is 5.91. The summed E-state index contributed by atoms with van der Waals surface area (Å²) in [6, 6.07) is 5.36. The Bertz CT molecular complexity index is 552. The molecule has 0 saturated carbocycles. The molecule has 0 spiro atoms. The van der Waals surface area contributed by atoms with Gasteiger partial charge in [0.05, 0.1) is 4.90 Å². The Morgan fingerprint density at radius 3 is 2.37 bits per heavy atom. The van der Waals surface area contributed by atoms with E-state index in [2.05, 4.69) is 27.8 Å². The zero-order valence-corrected chi connectivity index (χ0v) is 13.7. The van der Waals surface area contributed by atoms with Crippen molar-refractivity contribution in [2.24, 2.45) is 0 Å². The van der Waals surface area contributed by atoms with Gasteiger partial charge in [-0.1, -0.05) is 13.0 Å². The van der Waals surface area contributed by atoms with Crippen molar-refractivity contribution in [3.8, 4) is 0 Å². The Labute approximate surface area is 123 Å². The number of halogens is 1. The van der Waals surface area contributed by atoms with Crippen molar-refractivity contribution in [1.29, 1.82) is 0 Å². The SMILES string of the molecule is CCN1CCN(S(=O)(=O)c2ccc(C)cc2Br)CC1. The van der Waals surface area contributed by atoms with E-state index < -0.39 is 10.0 Å². The first-order chi connectivity index (χ1) is 8.95. The summed E-state index contributed by atoms with van der Waals surface area (Å²) in [6.07, 6.45) is 0. The number of hydrogen-bond donors (Lipinski definition) is 0. The Morgan fingerprint density at radius 1 is 1.21 bits per heavy atom. The molecule has 1 heterocycles. The van der Waals surface area contributed by atoms with E-state index in [1.54, 1.807) is 10.4 Å². The first kappa shape index (κ1) is 15.0. The van der Waals surface area contributed by atoms with Crippen molar-refractivity contribution in [2.75, 3.05) is 32.7 Å². The van der Waals surface area contributed by atoms with Crippen LogP contribution in [0.25, 0.3) is 0 Å². The fraction of sp³-hybridized carbons (Fsp3) is 0.538. The average molecular weight is 347 g/mol. The highest BCUT2D eigenvalue weighted by Crippen LogP contribution is 2.26. The van der Waals surface area contributed by atoms with Crippen LogP contribution in [0.4, 0.5) is 0 Å². The smallest absolute Gasteiger partial charge is 0.244 e. The Hall–Kier alpha value is -0.430. The fourth-order valence-electron chi connectivity index (χ4n) is 2.24. The van der Waals surface area contributed by atoms with Crippen LogP contribution in [0.1, 0.15) is 12.5 Å². The van der Waals surface area contributed by atoms with Gasteiger partial charge in [0.2, 0.25) is 10.0 Å². The third-order valence-electron chi connectivity index (χ3n) is 3.48. The standard InChI is InChI=1S/C13H19BrN2O2S/c1-3-15-6-8-16(9-7-15)19(17,18)13-5-4-11(2)10-12(13)14/h4-5,10H,3,6-9H2,1-2H3. The average Bonchev–Trinajstić information content (AvgIpc) is 2.38. The molecule has 1 aromatic rings. The van der Waals surface area contributed by atoms with Crippen LogP contribution in [0.5, 0.6) is 0 Å². The van der Waals surface area contributed by atoms with Crippen LogP contribution in [-0.2, 0) is 10.0 Å². The van der Waals surface area contributed by atoms with Gasteiger partial charge in [-0.2, -0.15) is 4.31 Å². The monoisotopic (exact) mass is 346 g/mol. The lowest BCUT2D eigenvalue weighted by molar-refractivity contribution is 0.196. The van der Waals surface area contributed by atoms with Crippen LogP contribution in [0.3, 0.4) is 0 Å². The molecule has 0 aromatic heterocycles. The van der Waals surface area contributed by atoms with Gasteiger partial charge in [0.25, 0.3) is 0 Å². The second-order valence-corrected chi connectivity index (χ2v) is 7.53. The van der Waals surface area contributed by atoms with Crippen molar-refractivity contribution in [1.82, 2.24) is 9.21 Å². The Morgan fingerprint density at radius 2 is 1.84 bits per heavy atom. The molecule has 19 heavy (non-hydrogen) atoms. The highest BCUT2D eigenvalue weighted by Gasteiger charge is 2.29. The molecular weight excluding hydrogens is 328 g/mol. The Kier molecular flexibility index (Phi) is 4.66. The van der Waals surface area contributed by atoms with Crippen LogP contribution in [0.2, 0.25) is 0 Å². The van der Waals surface area contributed by atoms with E-state index in [4.69, 9.17) is 0 Å². The topological polar surface area (TPSA) is 40.6 Å². The minimum Gasteiger partial charge on any atom is -0.301 e. The number of likely N-dealkylation sites (N-methyl/N-ethyl adjacent to an activating group) is 1. The number of nitrogens with zero attached hydrogens (tertiary/aromatic N) is 2. The zero-order valence-electron chi connectivity index (χ0n) is 11.3. The normalized spacial score (nSPS) is 18.7. The van der Waals surface area contributed by atoms with Crippen molar-refractivity contribution >= 4 is 26.0 Å². The highest BCUT2D eigenvalue weighted by atomic mass is 79.9. The molecule has 0 N–H and O–H groups in total. The molecule has 0 amide bonds. The predicted molar refractivity (Wildman–Crippen MR) is 79.8 cm³/mol. The second-order valence-electron chi connectivity index (χ2n) is 4.77.